The molecule has 0 radical (unpaired) electrons. The Morgan fingerprint density at radius 3 is 2.69 bits per heavy atom. The van der Waals surface area contributed by atoms with Crippen LogP contribution in [0.5, 0.6) is 5.75 Å². The Bertz CT molecular complexity index is 410. The minimum Gasteiger partial charge on any atom is -0.490 e. The number of halogens is 1. The summed E-state index contributed by atoms with van der Waals surface area (Å²) in [6, 6.07) is 6.30. The zero-order valence-corrected chi connectivity index (χ0v) is 10.8. The largest absolute Gasteiger partial charge is 0.490 e. The fourth-order valence-electron chi connectivity index (χ4n) is 2.12. The van der Waals surface area contributed by atoms with Gasteiger partial charge in [0.05, 0.1) is 6.10 Å². The van der Waals surface area contributed by atoms with Gasteiger partial charge in [-0.15, -0.1) is 0 Å². The molecule has 0 unspecified atom stereocenters. The van der Waals surface area contributed by atoms with Crippen molar-refractivity contribution in [2.75, 3.05) is 6.54 Å². The lowest BCUT2D eigenvalue weighted by Gasteiger charge is -2.18. The predicted octanol–water partition coefficient (Wildman–Crippen LogP) is 2.98. The molecular weight excluding hydrogens is 266 g/mol. The molecule has 16 heavy (non-hydrogen) atoms. The van der Waals surface area contributed by atoms with E-state index in [1.165, 1.54) is 31.2 Å². The second-order valence-electron chi connectivity index (χ2n) is 4.94. The summed E-state index contributed by atoms with van der Waals surface area (Å²) in [4.78, 5) is 0. The standard InChI is InChI=1S/C13H16BrNO/c14-9-1-4-12(16-10-2-3-10)11(7-9)13(8-15)5-6-13/h1,4,7,10H,2-3,5-6,8,15H2. The molecule has 0 saturated heterocycles. The summed E-state index contributed by atoms with van der Waals surface area (Å²) in [6.45, 7) is 0.727. The van der Waals surface area contributed by atoms with Gasteiger partial charge in [-0.1, -0.05) is 15.9 Å². The Morgan fingerprint density at radius 1 is 1.38 bits per heavy atom. The molecule has 2 aliphatic rings. The van der Waals surface area contributed by atoms with Crippen molar-refractivity contribution >= 4 is 15.9 Å². The first-order valence-electron chi connectivity index (χ1n) is 5.90. The average molecular weight is 282 g/mol. The third-order valence-corrected chi connectivity index (χ3v) is 4.07. The van der Waals surface area contributed by atoms with E-state index in [9.17, 15) is 0 Å². The molecule has 0 heterocycles. The zero-order valence-electron chi connectivity index (χ0n) is 9.21. The minimum atomic E-state index is 0.202. The van der Waals surface area contributed by atoms with Crippen molar-refractivity contribution < 1.29 is 4.74 Å². The molecule has 0 amide bonds. The quantitative estimate of drug-likeness (QED) is 0.921. The molecule has 2 nitrogen and oxygen atoms in total. The van der Waals surface area contributed by atoms with Crippen LogP contribution < -0.4 is 10.5 Å². The van der Waals surface area contributed by atoms with E-state index in [2.05, 4.69) is 28.1 Å². The van der Waals surface area contributed by atoms with Crippen molar-refractivity contribution in [2.24, 2.45) is 5.73 Å². The maximum Gasteiger partial charge on any atom is 0.123 e. The van der Waals surface area contributed by atoms with E-state index >= 15 is 0 Å². The van der Waals surface area contributed by atoms with Crippen LogP contribution in [-0.4, -0.2) is 12.6 Å². The summed E-state index contributed by atoms with van der Waals surface area (Å²) in [5.74, 6) is 1.05. The van der Waals surface area contributed by atoms with Gasteiger partial charge in [-0.25, -0.2) is 0 Å². The van der Waals surface area contributed by atoms with Crippen LogP contribution in [-0.2, 0) is 5.41 Å². The van der Waals surface area contributed by atoms with Crippen molar-refractivity contribution in [1.82, 2.24) is 0 Å². The monoisotopic (exact) mass is 281 g/mol. The lowest BCUT2D eigenvalue weighted by Crippen LogP contribution is -2.21. The van der Waals surface area contributed by atoms with Crippen LogP contribution in [0.3, 0.4) is 0 Å². The first kappa shape index (κ1) is 10.6. The number of hydrogen-bond acceptors (Lipinski definition) is 2. The van der Waals surface area contributed by atoms with Crippen LogP contribution in [0.25, 0.3) is 0 Å². The molecule has 2 fully saturated rings. The van der Waals surface area contributed by atoms with Gasteiger partial charge in [0.1, 0.15) is 5.75 Å². The van der Waals surface area contributed by atoms with E-state index in [-0.39, 0.29) is 5.41 Å². The highest BCUT2D eigenvalue weighted by Crippen LogP contribution is 2.51. The Balaban J connectivity index is 1.95. The van der Waals surface area contributed by atoms with Crippen LogP contribution in [0.1, 0.15) is 31.2 Å². The fourth-order valence-corrected chi connectivity index (χ4v) is 2.48. The highest BCUT2D eigenvalue weighted by Gasteiger charge is 2.45. The Morgan fingerprint density at radius 2 is 2.12 bits per heavy atom. The maximum absolute atomic E-state index is 5.96. The molecule has 2 aliphatic carbocycles. The van der Waals surface area contributed by atoms with Crippen molar-refractivity contribution in [2.45, 2.75) is 37.2 Å². The molecule has 0 aromatic heterocycles. The summed E-state index contributed by atoms with van der Waals surface area (Å²) < 4.78 is 7.08. The van der Waals surface area contributed by atoms with E-state index in [4.69, 9.17) is 10.5 Å². The lowest BCUT2D eigenvalue weighted by atomic mass is 9.95. The molecule has 0 aliphatic heterocycles. The average Bonchev–Trinajstić information content (AvgIpc) is 3.14. The van der Waals surface area contributed by atoms with Crippen molar-refractivity contribution in [1.29, 1.82) is 0 Å². The molecule has 0 atom stereocenters. The van der Waals surface area contributed by atoms with Crippen LogP contribution in [0.2, 0.25) is 0 Å². The zero-order chi connectivity index (χ0) is 11.2. The van der Waals surface area contributed by atoms with Gasteiger partial charge in [-0.2, -0.15) is 0 Å². The number of rotatable bonds is 4. The smallest absolute Gasteiger partial charge is 0.123 e. The molecule has 2 N–H and O–H groups in total. The van der Waals surface area contributed by atoms with E-state index in [0.717, 1.165) is 16.8 Å². The highest BCUT2D eigenvalue weighted by molar-refractivity contribution is 9.10. The Labute approximate surface area is 104 Å². The molecule has 1 aromatic carbocycles. The summed E-state index contributed by atoms with van der Waals surface area (Å²) in [7, 11) is 0. The molecular formula is C13H16BrNO. The van der Waals surface area contributed by atoms with Gasteiger partial charge in [-0.3, -0.25) is 0 Å². The van der Waals surface area contributed by atoms with Crippen molar-refractivity contribution in [3.05, 3.63) is 28.2 Å². The molecule has 0 spiro atoms. The summed E-state index contributed by atoms with van der Waals surface area (Å²) in [6.07, 6.45) is 5.24. The van der Waals surface area contributed by atoms with Gasteiger partial charge in [0, 0.05) is 22.0 Å². The molecule has 0 bridgehead atoms. The van der Waals surface area contributed by atoms with E-state index in [1.807, 2.05) is 6.07 Å². The van der Waals surface area contributed by atoms with Crippen molar-refractivity contribution in [3.63, 3.8) is 0 Å². The summed E-state index contributed by atoms with van der Waals surface area (Å²) in [5.41, 5.74) is 7.40. The van der Waals surface area contributed by atoms with Gasteiger partial charge >= 0.3 is 0 Å². The van der Waals surface area contributed by atoms with Gasteiger partial charge in [-0.05, 0) is 43.9 Å². The molecule has 86 valence electrons. The van der Waals surface area contributed by atoms with Crippen LogP contribution in [0.4, 0.5) is 0 Å². The molecule has 2 saturated carbocycles. The minimum absolute atomic E-state index is 0.202. The first-order chi connectivity index (χ1) is 7.73. The van der Waals surface area contributed by atoms with Crippen LogP contribution in [0, 0.1) is 0 Å². The van der Waals surface area contributed by atoms with E-state index < -0.39 is 0 Å². The van der Waals surface area contributed by atoms with Crippen LogP contribution in [0.15, 0.2) is 22.7 Å². The number of hydrogen-bond donors (Lipinski definition) is 1. The first-order valence-corrected chi connectivity index (χ1v) is 6.70. The second-order valence-corrected chi connectivity index (χ2v) is 5.86. The predicted molar refractivity (Wildman–Crippen MR) is 67.8 cm³/mol. The van der Waals surface area contributed by atoms with E-state index in [1.54, 1.807) is 0 Å². The van der Waals surface area contributed by atoms with Crippen molar-refractivity contribution in [3.8, 4) is 5.75 Å². The fraction of sp³-hybridized carbons (Fsp3) is 0.538. The Hall–Kier alpha value is -0.540. The summed E-state index contributed by atoms with van der Waals surface area (Å²) >= 11 is 3.53. The Kier molecular flexibility index (Phi) is 2.48. The van der Waals surface area contributed by atoms with Gasteiger partial charge in [0.2, 0.25) is 0 Å². The highest BCUT2D eigenvalue weighted by atomic mass is 79.9. The topological polar surface area (TPSA) is 35.2 Å². The number of nitrogens with two attached hydrogens (primary N) is 1. The van der Waals surface area contributed by atoms with Gasteiger partial charge in [0.25, 0.3) is 0 Å². The number of ether oxygens (including phenoxy) is 1. The van der Waals surface area contributed by atoms with Crippen LogP contribution >= 0.6 is 15.9 Å². The molecule has 3 rings (SSSR count). The SMILES string of the molecule is NCC1(c2cc(Br)ccc2OC2CC2)CC1. The lowest BCUT2D eigenvalue weighted by molar-refractivity contribution is 0.297. The third kappa shape index (κ3) is 1.87. The van der Waals surface area contributed by atoms with Gasteiger partial charge in [0.15, 0.2) is 0 Å². The second kappa shape index (κ2) is 3.74. The normalized spacial score (nSPS) is 21.9. The van der Waals surface area contributed by atoms with E-state index in [0.29, 0.717) is 6.10 Å². The summed E-state index contributed by atoms with van der Waals surface area (Å²) in [5, 5.41) is 0. The molecule has 1 aromatic rings. The van der Waals surface area contributed by atoms with Gasteiger partial charge < -0.3 is 10.5 Å². The number of benzene rings is 1. The maximum atomic E-state index is 5.96. The third-order valence-electron chi connectivity index (χ3n) is 3.58. The molecule has 3 heteroatoms.